The number of rotatable bonds is 2. The lowest BCUT2D eigenvalue weighted by atomic mass is 10.1. The number of hydrogen-bond donors (Lipinski definition) is 0. The molecule has 2 aromatic rings. The second kappa shape index (κ2) is 5.04. The fourth-order valence-corrected chi connectivity index (χ4v) is 4.01. The van der Waals surface area contributed by atoms with Gasteiger partial charge >= 0.3 is 0 Å². The number of carbonyl (C=O) groups excluding carboxylic acids is 1. The smallest absolute Gasteiger partial charge is 0.205 e. The summed E-state index contributed by atoms with van der Waals surface area (Å²) in [7, 11) is 0. The molecule has 0 aliphatic rings. The van der Waals surface area contributed by atoms with Crippen LogP contribution in [0.25, 0.3) is 0 Å². The molecule has 88 valence electrons. The molecule has 2 rings (SSSR count). The van der Waals surface area contributed by atoms with E-state index in [0.717, 1.165) is 24.3 Å². The first kappa shape index (κ1) is 13.0. The molecule has 17 heavy (non-hydrogen) atoms. The molecule has 0 aliphatic carbocycles. The third-order valence-electron chi connectivity index (χ3n) is 2.39. The Kier molecular flexibility index (Phi) is 3.85. The van der Waals surface area contributed by atoms with Gasteiger partial charge in [0.05, 0.1) is 4.88 Å². The number of aryl methyl sites for hydroxylation is 2. The molecule has 0 unspecified atom stereocenters. The number of ketones is 1. The van der Waals surface area contributed by atoms with Crippen molar-refractivity contribution < 1.29 is 4.79 Å². The van der Waals surface area contributed by atoms with Crippen molar-refractivity contribution >= 4 is 49.0 Å². The lowest BCUT2D eigenvalue weighted by Gasteiger charge is -2.03. The van der Waals surface area contributed by atoms with E-state index in [-0.39, 0.29) is 5.78 Å². The van der Waals surface area contributed by atoms with E-state index in [1.54, 1.807) is 0 Å². The molecule has 1 aromatic carbocycles. The lowest BCUT2D eigenvalue weighted by Crippen LogP contribution is -2.00. The van der Waals surface area contributed by atoms with Gasteiger partial charge in [-0.25, -0.2) is 0 Å². The average Bonchev–Trinajstić information content (AvgIpc) is 2.57. The van der Waals surface area contributed by atoms with Crippen LogP contribution in [0.5, 0.6) is 0 Å². The Labute approximate surface area is 121 Å². The van der Waals surface area contributed by atoms with Gasteiger partial charge in [-0.3, -0.25) is 4.79 Å². The Morgan fingerprint density at radius 2 is 1.82 bits per heavy atom. The molecular formula is C13H10Br2OS. The van der Waals surface area contributed by atoms with E-state index in [9.17, 15) is 4.79 Å². The van der Waals surface area contributed by atoms with Crippen molar-refractivity contribution in [1.82, 2.24) is 0 Å². The summed E-state index contributed by atoms with van der Waals surface area (Å²) in [4.78, 5) is 14.2. The minimum Gasteiger partial charge on any atom is -0.288 e. The molecule has 0 spiro atoms. The predicted molar refractivity (Wildman–Crippen MR) is 79.1 cm³/mol. The van der Waals surface area contributed by atoms with Gasteiger partial charge in [0.15, 0.2) is 0 Å². The van der Waals surface area contributed by atoms with Crippen LogP contribution in [-0.4, -0.2) is 5.78 Å². The molecule has 0 saturated carbocycles. The average molecular weight is 374 g/mol. The van der Waals surface area contributed by atoms with Gasteiger partial charge in [-0.05, 0) is 53.5 Å². The summed E-state index contributed by atoms with van der Waals surface area (Å²) >= 11 is 8.39. The van der Waals surface area contributed by atoms with Gasteiger partial charge in [0.2, 0.25) is 5.78 Å². The fourth-order valence-electron chi connectivity index (χ4n) is 1.56. The SMILES string of the molecule is Cc1ccc(C(=O)c2sc(C)cc2Br)c(Br)c1. The van der Waals surface area contributed by atoms with E-state index >= 15 is 0 Å². The van der Waals surface area contributed by atoms with E-state index in [1.165, 1.54) is 11.3 Å². The van der Waals surface area contributed by atoms with E-state index in [2.05, 4.69) is 31.9 Å². The van der Waals surface area contributed by atoms with Gasteiger partial charge in [-0.2, -0.15) is 0 Å². The zero-order chi connectivity index (χ0) is 12.6. The summed E-state index contributed by atoms with van der Waals surface area (Å²) in [6, 6.07) is 7.75. The monoisotopic (exact) mass is 372 g/mol. The van der Waals surface area contributed by atoms with Gasteiger partial charge in [0.25, 0.3) is 0 Å². The first-order chi connectivity index (χ1) is 7.99. The molecule has 1 aromatic heterocycles. The fraction of sp³-hybridized carbons (Fsp3) is 0.154. The van der Waals surface area contributed by atoms with Crippen molar-refractivity contribution in [3.05, 3.63) is 54.1 Å². The minimum atomic E-state index is 0.0573. The highest BCUT2D eigenvalue weighted by Gasteiger charge is 2.17. The third-order valence-corrected chi connectivity index (χ3v) is 4.98. The molecule has 0 radical (unpaired) electrons. The number of thiophene rings is 1. The molecule has 0 saturated heterocycles. The van der Waals surface area contributed by atoms with E-state index in [1.807, 2.05) is 38.1 Å². The van der Waals surface area contributed by atoms with Crippen LogP contribution < -0.4 is 0 Å². The van der Waals surface area contributed by atoms with Crippen LogP contribution in [0.4, 0.5) is 0 Å². The number of halogens is 2. The number of hydrogen-bond acceptors (Lipinski definition) is 2. The van der Waals surface area contributed by atoms with E-state index in [0.29, 0.717) is 5.56 Å². The molecule has 0 fully saturated rings. The Bertz CT molecular complexity index is 587. The molecule has 0 aliphatic heterocycles. The van der Waals surface area contributed by atoms with Crippen LogP contribution in [0.1, 0.15) is 25.7 Å². The highest BCUT2D eigenvalue weighted by molar-refractivity contribution is 9.11. The highest BCUT2D eigenvalue weighted by Crippen LogP contribution is 2.31. The van der Waals surface area contributed by atoms with Gasteiger partial charge in [0, 0.05) is 19.4 Å². The zero-order valence-corrected chi connectivity index (χ0v) is 13.4. The van der Waals surface area contributed by atoms with Crippen LogP contribution in [0.15, 0.2) is 33.2 Å². The molecule has 0 amide bonds. The van der Waals surface area contributed by atoms with Crippen LogP contribution in [0, 0.1) is 13.8 Å². The summed E-state index contributed by atoms with van der Waals surface area (Å²) in [5, 5.41) is 0. The Balaban J connectivity index is 2.47. The van der Waals surface area contributed by atoms with Gasteiger partial charge in [-0.15, -0.1) is 11.3 Å². The maximum absolute atomic E-state index is 12.4. The van der Waals surface area contributed by atoms with Crippen molar-refractivity contribution in [2.24, 2.45) is 0 Å². The maximum atomic E-state index is 12.4. The first-order valence-corrected chi connectivity index (χ1v) is 7.46. The summed E-state index contributed by atoms with van der Waals surface area (Å²) in [6.45, 7) is 4.00. The molecule has 0 atom stereocenters. The summed E-state index contributed by atoms with van der Waals surface area (Å²) in [5.74, 6) is 0.0573. The van der Waals surface area contributed by atoms with Gasteiger partial charge < -0.3 is 0 Å². The van der Waals surface area contributed by atoms with Gasteiger partial charge in [0.1, 0.15) is 0 Å². The predicted octanol–water partition coefficient (Wildman–Crippen LogP) is 5.12. The van der Waals surface area contributed by atoms with Crippen LogP contribution in [0.3, 0.4) is 0 Å². The van der Waals surface area contributed by atoms with Crippen molar-refractivity contribution in [1.29, 1.82) is 0 Å². The molecule has 4 heteroatoms. The topological polar surface area (TPSA) is 17.1 Å². The summed E-state index contributed by atoms with van der Waals surface area (Å²) in [5.41, 5.74) is 1.84. The normalized spacial score (nSPS) is 10.6. The van der Waals surface area contributed by atoms with E-state index in [4.69, 9.17) is 0 Å². The van der Waals surface area contributed by atoms with Gasteiger partial charge in [-0.1, -0.05) is 22.0 Å². The summed E-state index contributed by atoms with van der Waals surface area (Å²) in [6.07, 6.45) is 0. The van der Waals surface area contributed by atoms with Crippen molar-refractivity contribution in [3.63, 3.8) is 0 Å². The quantitative estimate of drug-likeness (QED) is 0.667. The van der Waals surface area contributed by atoms with Crippen LogP contribution in [-0.2, 0) is 0 Å². The largest absolute Gasteiger partial charge is 0.288 e. The molecule has 1 nitrogen and oxygen atoms in total. The second-order valence-corrected chi connectivity index (χ2v) is 6.81. The molecule has 0 N–H and O–H groups in total. The zero-order valence-electron chi connectivity index (χ0n) is 9.38. The number of benzene rings is 1. The van der Waals surface area contributed by atoms with Crippen molar-refractivity contribution in [3.8, 4) is 0 Å². The highest BCUT2D eigenvalue weighted by atomic mass is 79.9. The third kappa shape index (κ3) is 2.69. The second-order valence-electron chi connectivity index (χ2n) is 3.85. The van der Waals surface area contributed by atoms with Crippen molar-refractivity contribution in [2.45, 2.75) is 13.8 Å². The van der Waals surface area contributed by atoms with Crippen molar-refractivity contribution in [2.75, 3.05) is 0 Å². The first-order valence-electron chi connectivity index (χ1n) is 5.06. The lowest BCUT2D eigenvalue weighted by molar-refractivity contribution is 0.104. The van der Waals surface area contributed by atoms with Crippen LogP contribution >= 0.6 is 43.2 Å². The Hall–Kier alpha value is -0.450. The molecule has 1 heterocycles. The van der Waals surface area contributed by atoms with E-state index < -0.39 is 0 Å². The minimum absolute atomic E-state index is 0.0573. The summed E-state index contributed by atoms with van der Waals surface area (Å²) < 4.78 is 1.72. The standard InChI is InChI=1S/C13H10Br2OS/c1-7-3-4-9(10(14)5-7)12(16)13-11(15)6-8(2)17-13/h3-6H,1-2H3. The maximum Gasteiger partial charge on any atom is 0.205 e. The Morgan fingerprint density at radius 1 is 1.12 bits per heavy atom. The number of carbonyl (C=O) groups is 1. The molecular weight excluding hydrogens is 364 g/mol. The molecule has 0 bridgehead atoms. The van der Waals surface area contributed by atoms with Crippen LogP contribution in [0.2, 0.25) is 0 Å². The Morgan fingerprint density at radius 3 is 2.35 bits per heavy atom.